The van der Waals surface area contributed by atoms with E-state index in [4.69, 9.17) is 5.73 Å². The Labute approximate surface area is 103 Å². The molecule has 16 heavy (non-hydrogen) atoms. The molecule has 0 bridgehead atoms. The highest BCUT2D eigenvalue weighted by atomic mass is 79.9. The van der Waals surface area contributed by atoms with Crippen LogP contribution in [0.5, 0.6) is 0 Å². The fraction of sp³-hybridized carbons (Fsp3) is 0.455. The van der Waals surface area contributed by atoms with Gasteiger partial charge in [-0.3, -0.25) is 0 Å². The Balaban J connectivity index is 2.11. The standard InChI is InChI=1S/C11H15BrFN3/c12-8-5-11(10(14)6-9(8)13)16-7-1-3-15-4-2-7/h5-7,15-16H,1-4,14H2. The summed E-state index contributed by atoms with van der Waals surface area (Å²) in [5, 5.41) is 6.65. The number of hydrogen-bond donors (Lipinski definition) is 3. The fourth-order valence-corrected chi connectivity index (χ4v) is 2.22. The topological polar surface area (TPSA) is 50.1 Å². The molecule has 0 saturated carbocycles. The van der Waals surface area contributed by atoms with Gasteiger partial charge in [-0.1, -0.05) is 0 Å². The molecule has 4 N–H and O–H groups in total. The smallest absolute Gasteiger partial charge is 0.139 e. The number of anilines is 2. The van der Waals surface area contributed by atoms with E-state index in [1.807, 2.05) is 0 Å². The van der Waals surface area contributed by atoms with Crippen molar-refractivity contribution in [2.75, 3.05) is 24.1 Å². The molecule has 0 aromatic heterocycles. The molecule has 1 aromatic carbocycles. The molecule has 0 amide bonds. The van der Waals surface area contributed by atoms with Gasteiger partial charge in [0.25, 0.3) is 0 Å². The van der Waals surface area contributed by atoms with Gasteiger partial charge >= 0.3 is 0 Å². The second kappa shape index (κ2) is 5.01. The van der Waals surface area contributed by atoms with Gasteiger partial charge in [-0.05, 0) is 47.9 Å². The largest absolute Gasteiger partial charge is 0.397 e. The highest BCUT2D eigenvalue weighted by molar-refractivity contribution is 9.10. The third kappa shape index (κ3) is 2.65. The van der Waals surface area contributed by atoms with Crippen molar-refractivity contribution in [3.8, 4) is 0 Å². The predicted molar refractivity (Wildman–Crippen MR) is 68.0 cm³/mol. The van der Waals surface area contributed by atoms with Crippen LogP contribution in [0.1, 0.15) is 12.8 Å². The number of nitrogen functional groups attached to an aromatic ring is 1. The molecular formula is C11H15BrFN3. The summed E-state index contributed by atoms with van der Waals surface area (Å²) in [6.07, 6.45) is 2.13. The molecule has 3 nitrogen and oxygen atoms in total. The monoisotopic (exact) mass is 287 g/mol. The van der Waals surface area contributed by atoms with E-state index in [0.29, 0.717) is 16.2 Å². The second-order valence-corrected chi connectivity index (χ2v) is 4.88. The van der Waals surface area contributed by atoms with Crippen molar-refractivity contribution >= 4 is 27.3 Å². The van der Waals surface area contributed by atoms with Crippen LogP contribution >= 0.6 is 15.9 Å². The van der Waals surface area contributed by atoms with Gasteiger partial charge in [-0.2, -0.15) is 0 Å². The Bertz CT molecular complexity index is 378. The summed E-state index contributed by atoms with van der Waals surface area (Å²) >= 11 is 3.16. The van der Waals surface area contributed by atoms with Crippen LogP contribution in [0.25, 0.3) is 0 Å². The zero-order valence-corrected chi connectivity index (χ0v) is 10.5. The van der Waals surface area contributed by atoms with Crippen LogP contribution in [-0.4, -0.2) is 19.1 Å². The van der Waals surface area contributed by atoms with E-state index in [0.717, 1.165) is 31.6 Å². The van der Waals surface area contributed by atoms with Gasteiger partial charge < -0.3 is 16.4 Å². The molecule has 1 fully saturated rings. The van der Waals surface area contributed by atoms with Crippen molar-refractivity contribution in [3.05, 3.63) is 22.4 Å². The maximum absolute atomic E-state index is 13.2. The first-order valence-electron chi connectivity index (χ1n) is 5.38. The minimum atomic E-state index is -0.326. The van der Waals surface area contributed by atoms with Gasteiger partial charge in [-0.25, -0.2) is 4.39 Å². The minimum Gasteiger partial charge on any atom is -0.397 e. The summed E-state index contributed by atoms with van der Waals surface area (Å²) in [6.45, 7) is 2.03. The lowest BCUT2D eigenvalue weighted by Gasteiger charge is -2.25. The van der Waals surface area contributed by atoms with Crippen molar-refractivity contribution in [1.29, 1.82) is 0 Å². The molecule has 0 unspecified atom stereocenters. The Morgan fingerprint density at radius 2 is 2.06 bits per heavy atom. The average Bonchev–Trinajstić information content (AvgIpc) is 2.27. The minimum absolute atomic E-state index is 0.326. The number of halogens is 2. The van der Waals surface area contributed by atoms with E-state index < -0.39 is 0 Å². The Morgan fingerprint density at radius 1 is 1.38 bits per heavy atom. The van der Waals surface area contributed by atoms with Crippen LogP contribution in [0.3, 0.4) is 0 Å². The predicted octanol–water partition coefficient (Wildman–Crippen LogP) is 2.33. The van der Waals surface area contributed by atoms with Crippen LogP contribution in [-0.2, 0) is 0 Å². The summed E-state index contributed by atoms with van der Waals surface area (Å²) in [6, 6.07) is 3.46. The quantitative estimate of drug-likeness (QED) is 0.732. The van der Waals surface area contributed by atoms with Crippen molar-refractivity contribution in [2.45, 2.75) is 18.9 Å². The van der Waals surface area contributed by atoms with Gasteiger partial charge in [0.15, 0.2) is 0 Å². The number of nitrogens with two attached hydrogens (primary N) is 1. The van der Waals surface area contributed by atoms with Crippen molar-refractivity contribution in [1.82, 2.24) is 5.32 Å². The molecule has 88 valence electrons. The molecular weight excluding hydrogens is 273 g/mol. The van der Waals surface area contributed by atoms with Crippen LogP contribution in [0.15, 0.2) is 16.6 Å². The summed E-state index contributed by atoms with van der Waals surface area (Å²) in [7, 11) is 0. The number of rotatable bonds is 2. The molecule has 0 aliphatic carbocycles. The number of nitrogens with one attached hydrogen (secondary N) is 2. The first-order valence-corrected chi connectivity index (χ1v) is 6.18. The summed E-state index contributed by atoms with van der Waals surface area (Å²) in [5.74, 6) is -0.326. The van der Waals surface area contributed by atoms with Gasteiger partial charge in [0.2, 0.25) is 0 Å². The number of piperidine rings is 1. The summed E-state index contributed by atoms with van der Waals surface area (Å²) < 4.78 is 13.6. The number of benzene rings is 1. The lowest BCUT2D eigenvalue weighted by atomic mass is 10.1. The maximum Gasteiger partial charge on any atom is 0.139 e. The maximum atomic E-state index is 13.2. The first-order chi connectivity index (χ1) is 7.66. The second-order valence-electron chi connectivity index (χ2n) is 4.02. The van der Waals surface area contributed by atoms with E-state index in [1.54, 1.807) is 6.07 Å². The average molecular weight is 288 g/mol. The zero-order valence-electron chi connectivity index (χ0n) is 8.89. The molecule has 0 atom stereocenters. The van der Waals surface area contributed by atoms with Gasteiger partial charge in [-0.15, -0.1) is 0 Å². The Kier molecular flexibility index (Phi) is 3.66. The lowest BCUT2D eigenvalue weighted by molar-refractivity contribution is 0.479. The third-order valence-corrected chi connectivity index (χ3v) is 3.40. The van der Waals surface area contributed by atoms with Crippen molar-refractivity contribution < 1.29 is 4.39 Å². The van der Waals surface area contributed by atoms with E-state index in [-0.39, 0.29) is 5.82 Å². The third-order valence-electron chi connectivity index (χ3n) is 2.79. The van der Waals surface area contributed by atoms with Gasteiger partial charge in [0.1, 0.15) is 5.82 Å². The molecule has 0 radical (unpaired) electrons. The molecule has 0 spiro atoms. The van der Waals surface area contributed by atoms with E-state index in [9.17, 15) is 4.39 Å². The Hall–Kier alpha value is -0.810. The highest BCUT2D eigenvalue weighted by Crippen LogP contribution is 2.27. The fourth-order valence-electron chi connectivity index (χ4n) is 1.87. The van der Waals surface area contributed by atoms with E-state index in [1.165, 1.54) is 6.07 Å². The van der Waals surface area contributed by atoms with E-state index in [2.05, 4.69) is 26.6 Å². The van der Waals surface area contributed by atoms with Crippen molar-refractivity contribution in [3.63, 3.8) is 0 Å². The molecule has 1 saturated heterocycles. The van der Waals surface area contributed by atoms with Crippen LogP contribution in [0.4, 0.5) is 15.8 Å². The Morgan fingerprint density at radius 3 is 2.75 bits per heavy atom. The molecule has 2 rings (SSSR count). The van der Waals surface area contributed by atoms with E-state index >= 15 is 0 Å². The van der Waals surface area contributed by atoms with Crippen molar-refractivity contribution in [2.24, 2.45) is 0 Å². The lowest BCUT2D eigenvalue weighted by Crippen LogP contribution is -2.35. The zero-order chi connectivity index (χ0) is 11.5. The molecule has 1 heterocycles. The normalized spacial score (nSPS) is 17.4. The van der Waals surface area contributed by atoms with Crippen LogP contribution in [0.2, 0.25) is 0 Å². The molecule has 1 aliphatic rings. The van der Waals surface area contributed by atoms with Gasteiger partial charge in [0.05, 0.1) is 15.8 Å². The highest BCUT2D eigenvalue weighted by Gasteiger charge is 2.14. The summed E-state index contributed by atoms with van der Waals surface area (Å²) in [4.78, 5) is 0. The molecule has 1 aromatic rings. The SMILES string of the molecule is Nc1cc(F)c(Br)cc1NC1CCNCC1. The summed E-state index contributed by atoms with van der Waals surface area (Å²) in [5.41, 5.74) is 7.03. The first kappa shape index (κ1) is 11.7. The van der Waals surface area contributed by atoms with Crippen LogP contribution in [0, 0.1) is 5.82 Å². The molecule has 1 aliphatic heterocycles. The van der Waals surface area contributed by atoms with Crippen LogP contribution < -0.4 is 16.4 Å². The molecule has 5 heteroatoms. The van der Waals surface area contributed by atoms with Gasteiger partial charge in [0, 0.05) is 12.1 Å². The number of hydrogen-bond acceptors (Lipinski definition) is 3.